The average molecular weight is 454 g/mol. The van der Waals surface area contributed by atoms with E-state index < -0.39 is 33.3 Å². The molecule has 0 aliphatic carbocycles. The number of hydrogen-bond acceptors (Lipinski definition) is 7. The number of anilines is 2. The predicted octanol–water partition coefficient (Wildman–Crippen LogP) is 3.89. The zero-order chi connectivity index (χ0) is 22.8. The van der Waals surface area contributed by atoms with Crippen LogP contribution in [-0.4, -0.2) is 30.6 Å². The largest absolute Gasteiger partial charge is 0.419 e. The molecule has 1 heterocycles. The van der Waals surface area contributed by atoms with Gasteiger partial charge in [0.15, 0.2) is 11.6 Å². The van der Waals surface area contributed by atoms with Gasteiger partial charge in [-0.05, 0) is 42.7 Å². The van der Waals surface area contributed by atoms with Gasteiger partial charge >= 0.3 is 0 Å². The van der Waals surface area contributed by atoms with E-state index >= 15 is 0 Å². The molecule has 1 aromatic heterocycles. The van der Waals surface area contributed by atoms with E-state index in [1.807, 2.05) is 6.92 Å². The van der Waals surface area contributed by atoms with Crippen LogP contribution in [0.3, 0.4) is 0 Å². The zero-order valence-corrected chi connectivity index (χ0v) is 17.6. The minimum atomic E-state index is -3.24. The lowest BCUT2D eigenvalue weighted by Gasteiger charge is -2.13. The van der Waals surface area contributed by atoms with Crippen LogP contribution in [0.4, 0.5) is 24.5 Å². The number of hydrogen-bond donors (Lipinski definition) is 2. The minimum absolute atomic E-state index is 0.00747. The highest BCUT2D eigenvalue weighted by atomic mass is 32.2. The molecule has 0 radical (unpaired) electrons. The summed E-state index contributed by atoms with van der Waals surface area (Å²) >= 11 is 0. The van der Waals surface area contributed by atoms with Gasteiger partial charge < -0.3 is 15.5 Å². The molecule has 166 valence electrons. The Morgan fingerprint density at radius 3 is 2.52 bits per heavy atom. The van der Waals surface area contributed by atoms with Crippen LogP contribution >= 0.6 is 0 Å². The molecule has 11 heteroatoms. The first-order valence-electron chi connectivity index (χ1n) is 9.39. The van der Waals surface area contributed by atoms with Crippen LogP contribution < -0.4 is 11.1 Å². The Balaban J connectivity index is 1.94. The molecule has 0 amide bonds. The van der Waals surface area contributed by atoms with Gasteiger partial charge in [0.1, 0.15) is 15.7 Å². The van der Waals surface area contributed by atoms with Crippen molar-refractivity contribution in [1.29, 1.82) is 0 Å². The van der Waals surface area contributed by atoms with E-state index in [2.05, 4.69) is 15.5 Å². The highest BCUT2D eigenvalue weighted by Crippen LogP contribution is 2.34. The van der Waals surface area contributed by atoms with Crippen molar-refractivity contribution in [2.45, 2.75) is 25.8 Å². The van der Waals surface area contributed by atoms with E-state index in [9.17, 15) is 21.6 Å². The molecule has 0 bridgehead atoms. The highest BCUT2D eigenvalue weighted by molar-refractivity contribution is 7.90. The van der Waals surface area contributed by atoms with E-state index in [-0.39, 0.29) is 40.9 Å². The summed E-state index contributed by atoms with van der Waals surface area (Å²) in [5.41, 5.74) is 6.18. The van der Waals surface area contributed by atoms with Crippen molar-refractivity contribution in [3.05, 3.63) is 59.2 Å². The molecular formula is C20H21F3N4O3S. The van der Waals surface area contributed by atoms with Crippen molar-refractivity contribution >= 4 is 21.2 Å². The number of nitrogens with one attached hydrogen (secondary N) is 1. The zero-order valence-electron chi connectivity index (χ0n) is 16.8. The van der Waals surface area contributed by atoms with Crippen molar-refractivity contribution in [3.63, 3.8) is 0 Å². The lowest BCUT2D eigenvalue weighted by atomic mass is 10.1. The molecule has 3 N–H and O–H groups in total. The normalized spacial score (nSPS) is 12.7. The molecule has 2 aromatic carbocycles. The minimum Gasteiger partial charge on any atom is -0.419 e. The number of nitrogens with zero attached hydrogens (tertiary/aromatic N) is 2. The first-order valence-corrected chi connectivity index (χ1v) is 11.5. The molecule has 31 heavy (non-hydrogen) atoms. The Hall–Kier alpha value is -2.92. The lowest BCUT2D eigenvalue weighted by Crippen LogP contribution is -2.16. The van der Waals surface area contributed by atoms with Gasteiger partial charge in [-0.2, -0.15) is 0 Å². The van der Waals surface area contributed by atoms with Gasteiger partial charge in [0.25, 0.3) is 0 Å². The van der Waals surface area contributed by atoms with Gasteiger partial charge in [-0.15, -0.1) is 10.2 Å². The number of rotatable bonds is 8. The first-order chi connectivity index (χ1) is 14.6. The molecule has 1 atom stereocenters. The number of nitrogens with two attached hydrogens (primary N) is 1. The number of sulfone groups is 1. The first kappa shape index (κ1) is 22.8. The second kappa shape index (κ2) is 9.06. The Bertz CT molecular complexity index is 1200. The maximum Gasteiger partial charge on any atom is 0.250 e. The van der Waals surface area contributed by atoms with Crippen LogP contribution in [-0.2, 0) is 16.3 Å². The van der Waals surface area contributed by atoms with Gasteiger partial charge in [0, 0.05) is 6.26 Å². The summed E-state index contributed by atoms with van der Waals surface area (Å²) in [5, 5.41) is 10.1. The third kappa shape index (κ3) is 5.42. The molecule has 0 saturated heterocycles. The Morgan fingerprint density at radius 2 is 1.87 bits per heavy atom. The van der Waals surface area contributed by atoms with E-state index in [1.54, 1.807) is 6.07 Å². The summed E-state index contributed by atoms with van der Waals surface area (Å²) in [6.45, 7) is 1.86. The molecule has 0 aliphatic rings. The van der Waals surface area contributed by atoms with Gasteiger partial charge in [0.2, 0.25) is 11.8 Å². The maximum atomic E-state index is 14.6. The second-order valence-corrected chi connectivity index (χ2v) is 9.31. The number of halogens is 3. The van der Waals surface area contributed by atoms with Crippen LogP contribution in [0.2, 0.25) is 0 Å². The molecule has 3 aromatic rings. The van der Waals surface area contributed by atoms with Crippen LogP contribution in [0.1, 0.15) is 30.8 Å². The van der Waals surface area contributed by atoms with Crippen LogP contribution in [0, 0.1) is 17.5 Å². The highest BCUT2D eigenvalue weighted by Gasteiger charge is 2.22. The van der Waals surface area contributed by atoms with Crippen LogP contribution in [0.25, 0.3) is 11.5 Å². The molecule has 1 unspecified atom stereocenters. The molecule has 0 aliphatic heterocycles. The summed E-state index contributed by atoms with van der Waals surface area (Å²) in [6, 6.07) is 5.59. The van der Waals surface area contributed by atoms with Crippen molar-refractivity contribution in [3.8, 4) is 11.5 Å². The summed E-state index contributed by atoms with van der Waals surface area (Å²) in [5.74, 6) is -3.47. The SMILES string of the molecule is CCc1ccc(Nc2c(-c3nnc(C(N)CCS(C)(=O)=O)o3)ccc(F)c2F)c(F)c1. The molecule has 0 spiro atoms. The van der Waals surface area contributed by atoms with E-state index in [0.717, 1.165) is 17.9 Å². The smallest absolute Gasteiger partial charge is 0.250 e. The fraction of sp³-hybridized carbons (Fsp3) is 0.300. The Morgan fingerprint density at radius 1 is 1.13 bits per heavy atom. The summed E-state index contributed by atoms with van der Waals surface area (Å²) in [7, 11) is -3.24. The summed E-state index contributed by atoms with van der Waals surface area (Å²) in [6.07, 6.45) is 1.73. The number of benzene rings is 2. The van der Waals surface area contributed by atoms with Crippen molar-refractivity contribution in [2.75, 3.05) is 17.3 Å². The third-order valence-corrected chi connectivity index (χ3v) is 5.56. The fourth-order valence-electron chi connectivity index (χ4n) is 2.82. The second-order valence-electron chi connectivity index (χ2n) is 7.05. The number of aryl methyl sites for hydroxylation is 1. The predicted molar refractivity (Wildman–Crippen MR) is 110 cm³/mol. The molecular weight excluding hydrogens is 433 g/mol. The lowest BCUT2D eigenvalue weighted by molar-refractivity contribution is 0.451. The van der Waals surface area contributed by atoms with Crippen molar-refractivity contribution < 1.29 is 26.0 Å². The molecule has 0 fully saturated rings. The standard InChI is InChI=1S/C20H21F3N4O3S/c1-3-11-4-7-16(14(22)10-11)25-18-12(5-6-13(21)17(18)23)19-26-27-20(30-19)15(24)8-9-31(2,28)29/h4-7,10,15,25H,3,8-9,24H2,1-2H3. The van der Waals surface area contributed by atoms with Gasteiger partial charge in [-0.3, -0.25) is 0 Å². The van der Waals surface area contributed by atoms with Crippen LogP contribution in [0.5, 0.6) is 0 Å². The fourth-order valence-corrected chi connectivity index (χ4v) is 3.51. The van der Waals surface area contributed by atoms with E-state index in [0.29, 0.717) is 6.42 Å². The van der Waals surface area contributed by atoms with E-state index in [1.165, 1.54) is 18.2 Å². The van der Waals surface area contributed by atoms with Gasteiger partial charge in [-0.1, -0.05) is 13.0 Å². The maximum absolute atomic E-state index is 14.6. The van der Waals surface area contributed by atoms with Crippen molar-refractivity contribution in [2.24, 2.45) is 5.73 Å². The number of aromatic nitrogens is 2. The summed E-state index contributed by atoms with van der Waals surface area (Å²) < 4.78 is 71.0. The van der Waals surface area contributed by atoms with Crippen molar-refractivity contribution in [1.82, 2.24) is 10.2 Å². The monoisotopic (exact) mass is 454 g/mol. The molecule has 0 saturated carbocycles. The molecule has 3 rings (SSSR count). The summed E-state index contributed by atoms with van der Waals surface area (Å²) in [4.78, 5) is 0. The van der Waals surface area contributed by atoms with Gasteiger partial charge in [0.05, 0.1) is 28.7 Å². The Labute approximate surface area is 177 Å². The van der Waals surface area contributed by atoms with Gasteiger partial charge in [-0.25, -0.2) is 21.6 Å². The molecule has 7 nitrogen and oxygen atoms in total. The third-order valence-electron chi connectivity index (χ3n) is 4.58. The topological polar surface area (TPSA) is 111 Å². The van der Waals surface area contributed by atoms with E-state index in [4.69, 9.17) is 10.2 Å². The average Bonchev–Trinajstić information content (AvgIpc) is 3.20. The quantitative estimate of drug-likeness (QED) is 0.531. The Kier molecular flexibility index (Phi) is 6.65. The van der Waals surface area contributed by atoms with Crippen LogP contribution in [0.15, 0.2) is 34.7 Å².